The molecule has 0 amide bonds. The first-order chi connectivity index (χ1) is 11.9. The van der Waals surface area contributed by atoms with E-state index in [1.165, 1.54) is 12.1 Å². The highest BCUT2D eigenvalue weighted by Crippen LogP contribution is 2.21. The number of aromatic nitrogens is 4. The van der Waals surface area contributed by atoms with Gasteiger partial charge in [0.15, 0.2) is 11.4 Å². The summed E-state index contributed by atoms with van der Waals surface area (Å²) in [6, 6.07) is 12.5. The van der Waals surface area contributed by atoms with E-state index in [9.17, 15) is 13.2 Å². The minimum absolute atomic E-state index is 0.148. The molecule has 2 aromatic heterocycles. The highest BCUT2D eigenvalue weighted by atomic mass is 32.1. The van der Waals surface area contributed by atoms with Crippen molar-refractivity contribution in [2.75, 3.05) is 6.61 Å². The van der Waals surface area contributed by atoms with Gasteiger partial charge < -0.3 is 19.7 Å². The number of fused-ring (bicyclic) bond motifs is 2. The second-order valence-electron chi connectivity index (χ2n) is 5.11. The van der Waals surface area contributed by atoms with Crippen LogP contribution in [-0.2, 0) is 0 Å². The van der Waals surface area contributed by atoms with Crippen LogP contribution in [0.1, 0.15) is 0 Å². The van der Waals surface area contributed by atoms with Crippen LogP contribution in [0, 0.1) is 4.77 Å². The number of nitrogens with zero attached hydrogens (tertiary/aromatic N) is 1. The van der Waals surface area contributed by atoms with Crippen LogP contribution in [0.5, 0.6) is 5.75 Å². The number of hydrogen-bond acceptors (Lipinski definition) is 3. The van der Waals surface area contributed by atoms with Crippen LogP contribution < -0.4 is 4.74 Å². The summed E-state index contributed by atoms with van der Waals surface area (Å²) in [5.41, 5.74) is 3.46. The van der Waals surface area contributed by atoms with E-state index in [0.717, 1.165) is 16.6 Å². The van der Waals surface area contributed by atoms with Crippen molar-refractivity contribution in [2.24, 2.45) is 0 Å². The third-order valence-corrected chi connectivity index (χ3v) is 3.42. The summed E-state index contributed by atoms with van der Waals surface area (Å²) >= 11 is 4.85. The van der Waals surface area contributed by atoms with Gasteiger partial charge in [-0.3, -0.25) is 0 Å². The number of nitrogens with one attached hydrogen (secondary N) is 3. The first kappa shape index (κ1) is 17.0. The van der Waals surface area contributed by atoms with Gasteiger partial charge in [0.2, 0.25) is 0 Å². The summed E-state index contributed by atoms with van der Waals surface area (Å²) < 4.78 is 40.7. The van der Waals surface area contributed by atoms with Gasteiger partial charge in [0.1, 0.15) is 5.75 Å². The molecule has 2 aromatic carbocycles. The molecule has 9 heteroatoms. The van der Waals surface area contributed by atoms with Crippen molar-refractivity contribution in [3.63, 3.8) is 0 Å². The van der Waals surface area contributed by atoms with Gasteiger partial charge in [-0.25, -0.2) is 4.98 Å². The molecular formula is C16H13F3N4OS. The van der Waals surface area contributed by atoms with Crippen LogP contribution in [0.4, 0.5) is 13.2 Å². The van der Waals surface area contributed by atoms with Crippen molar-refractivity contribution in [1.82, 2.24) is 19.9 Å². The molecule has 0 aliphatic heterocycles. The van der Waals surface area contributed by atoms with Crippen LogP contribution in [0.15, 0.2) is 48.8 Å². The normalized spacial score (nSPS) is 11.3. The number of ether oxygens (including phenoxy) is 1. The molecule has 0 radical (unpaired) electrons. The monoisotopic (exact) mass is 366 g/mol. The molecule has 2 heterocycles. The maximum atomic E-state index is 11.9. The molecular weight excluding hydrogens is 353 g/mol. The van der Waals surface area contributed by atoms with Crippen molar-refractivity contribution in [2.45, 2.75) is 6.18 Å². The second-order valence-corrected chi connectivity index (χ2v) is 5.52. The van der Waals surface area contributed by atoms with E-state index >= 15 is 0 Å². The van der Waals surface area contributed by atoms with Crippen molar-refractivity contribution in [1.29, 1.82) is 0 Å². The molecule has 0 fully saturated rings. The molecule has 5 nitrogen and oxygen atoms in total. The van der Waals surface area contributed by atoms with E-state index in [2.05, 4.69) is 24.7 Å². The fourth-order valence-corrected chi connectivity index (χ4v) is 2.37. The number of alkyl halides is 3. The Hall–Kier alpha value is -2.81. The average Bonchev–Trinajstić information content (AvgIpc) is 3.17. The van der Waals surface area contributed by atoms with Gasteiger partial charge in [0.25, 0.3) is 0 Å². The molecule has 0 atom stereocenters. The lowest BCUT2D eigenvalue weighted by Gasteiger charge is -2.08. The number of aromatic amines is 3. The number of benzene rings is 2. The molecule has 0 unspecified atom stereocenters. The smallest absolute Gasteiger partial charge is 0.422 e. The minimum atomic E-state index is -4.33. The molecule has 0 spiro atoms. The molecule has 0 saturated carbocycles. The van der Waals surface area contributed by atoms with Gasteiger partial charge in [-0.2, -0.15) is 13.2 Å². The Labute approximate surface area is 144 Å². The summed E-state index contributed by atoms with van der Waals surface area (Å²) in [6.07, 6.45) is -2.63. The summed E-state index contributed by atoms with van der Waals surface area (Å²) in [5, 5.41) is 0. The topological polar surface area (TPSA) is 69.5 Å². The zero-order valence-corrected chi connectivity index (χ0v) is 13.5. The molecule has 130 valence electrons. The highest BCUT2D eigenvalue weighted by molar-refractivity contribution is 7.71. The summed E-state index contributed by atoms with van der Waals surface area (Å²) in [6.45, 7) is -1.30. The first-order valence-corrected chi connectivity index (χ1v) is 7.61. The van der Waals surface area contributed by atoms with E-state index in [0.29, 0.717) is 10.3 Å². The van der Waals surface area contributed by atoms with E-state index < -0.39 is 12.8 Å². The van der Waals surface area contributed by atoms with Crippen LogP contribution in [0.2, 0.25) is 0 Å². The Morgan fingerprint density at radius 3 is 2.52 bits per heavy atom. The second kappa shape index (κ2) is 6.98. The number of rotatable bonds is 2. The first-order valence-electron chi connectivity index (χ1n) is 7.20. The lowest BCUT2D eigenvalue weighted by molar-refractivity contribution is -0.153. The molecule has 4 rings (SSSR count). The Bertz CT molecular complexity index is 1000. The van der Waals surface area contributed by atoms with Crippen molar-refractivity contribution in [3.05, 3.63) is 53.6 Å². The number of hydrogen-bond donors (Lipinski definition) is 3. The molecule has 3 N–H and O–H groups in total. The van der Waals surface area contributed by atoms with Crippen molar-refractivity contribution in [3.8, 4) is 5.75 Å². The van der Waals surface area contributed by atoms with Crippen molar-refractivity contribution >= 4 is 34.3 Å². The summed E-state index contributed by atoms with van der Waals surface area (Å²) in [5.74, 6) is 0.148. The third kappa shape index (κ3) is 4.60. The lowest BCUT2D eigenvalue weighted by atomic mass is 10.3. The minimum Gasteiger partial charge on any atom is -0.484 e. The number of H-pyrrole nitrogens is 3. The quantitative estimate of drug-likeness (QED) is 0.449. The highest BCUT2D eigenvalue weighted by Gasteiger charge is 2.28. The molecule has 4 aromatic rings. The van der Waals surface area contributed by atoms with Gasteiger partial charge in [-0.1, -0.05) is 12.1 Å². The zero-order valence-electron chi connectivity index (χ0n) is 12.7. The summed E-state index contributed by atoms with van der Waals surface area (Å²) in [4.78, 5) is 12.7. The van der Waals surface area contributed by atoms with Crippen LogP contribution in [-0.4, -0.2) is 32.7 Å². The fourth-order valence-electron chi connectivity index (χ4n) is 2.15. The molecule has 25 heavy (non-hydrogen) atoms. The summed E-state index contributed by atoms with van der Waals surface area (Å²) in [7, 11) is 0. The standard InChI is InChI=1S/C9H7F3N2OS.C7H6N2/c10-9(11,12)4-15-5-1-2-6-7(3-5)14-8(16)13-6;1-2-4-7-6(3-1)8-5-9-7/h1-3H,4H2,(H2,13,14,16);1-5H,(H,8,9). The number of halogens is 3. The Morgan fingerprint density at radius 2 is 1.76 bits per heavy atom. The van der Waals surface area contributed by atoms with Crippen LogP contribution in [0.25, 0.3) is 22.1 Å². The SMILES string of the molecule is FC(F)(F)COc1ccc2[nH]c(=S)[nH]c2c1.c1ccc2[nH]cnc2c1. The van der Waals surface area contributed by atoms with E-state index in [1.54, 1.807) is 12.4 Å². The maximum absolute atomic E-state index is 11.9. The van der Waals surface area contributed by atoms with Gasteiger partial charge in [0.05, 0.1) is 28.4 Å². The maximum Gasteiger partial charge on any atom is 0.422 e. The lowest BCUT2D eigenvalue weighted by Crippen LogP contribution is -2.19. The molecule has 0 saturated heterocycles. The Morgan fingerprint density at radius 1 is 1.00 bits per heavy atom. The number of para-hydroxylation sites is 2. The largest absolute Gasteiger partial charge is 0.484 e. The van der Waals surface area contributed by atoms with Gasteiger partial charge in [0, 0.05) is 6.07 Å². The Balaban J connectivity index is 0.000000170. The van der Waals surface area contributed by atoms with Gasteiger partial charge in [-0.15, -0.1) is 0 Å². The van der Waals surface area contributed by atoms with E-state index in [-0.39, 0.29) is 5.75 Å². The predicted octanol–water partition coefficient (Wildman–Crippen LogP) is 4.73. The Kier molecular flexibility index (Phi) is 4.75. The zero-order chi connectivity index (χ0) is 17.9. The van der Waals surface area contributed by atoms with E-state index in [4.69, 9.17) is 12.2 Å². The van der Waals surface area contributed by atoms with Crippen molar-refractivity contribution < 1.29 is 17.9 Å². The van der Waals surface area contributed by atoms with E-state index in [1.807, 2.05) is 24.3 Å². The average molecular weight is 366 g/mol. The fraction of sp³-hybridized carbons (Fsp3) is 0.125. The van der Waals surface area contributed by atoms with Gasteiger partial charge >= 0.3 is 6.18 Å². The molecule has 0 aliphatic carbocycles. The molecule has 0 bridgehead atoms. The number of imidazole rings is 2. The molecule has 0 aliphatic rings. The van der Waals surface area contributed by atoms with Crippen LogP contribution >= 0.6 is 12.2 Å². The van der Waals surface area contributed by atoms with Crippen LogP contribution in [0.3, 0.4) is 0 Å². The third-order valence-electron chi connectivity index (χ3n) is 3.22. The van der Waals surface area contributed by atoms with Gasteiger partial charge in [-0.05, 0) is 36.5 Å². The predicted molar refractivity (Wildman–Crippen MR) is 91.1 cm³/mol.